The number of aromatic nitrogens is 3. The molecular formula is C28H32N8O. The van der Waals surface area contributed by atoms with Crippen molar-refractivity contribution in [2.45, 2.75) is 32.2 Å². The number of dihydropyridines is 1. The summed E-state index contributed by atoms with van der Waals surface area (Å²) < 4.78 is 1.61. The summed E-state index contributed by atoms with van der Waals surface area (Å²) in [6.07, 6.45) is 14.6. The molecule has 0 saturated carbocycles. The molecule has 1 fully saturated rings. The van der Waals surface area contributed by atoms with Gasteiger partial charge in [-0.1, -0.05) is 23.3 Å². The fraction of sp³-hybridized carbons (Fsp3) is 0.357. The standard InChI is InChI=1S/C28H32N8O/c1-20-3-5-23(6-4-20)36-26(32-28(37)24-18-31-35-14-2-11-30-27(24)35)17-25(33-36)22-9-15-34(16-10-22)19-21-7-12-29-13-8-21/h2-7,11-12,14,17-18,22,25,33H,8-10,13,15-16,19H2,1H3,(H,32,37). The number of likely N-dealkylation sites (tertiary alicyclic amines) is 1. The molecule has 9 heteroatoms. The van der Waals surface area contributed by atoms with Crippen LogP contribution in [0.5, 0.6) is 0 Å². The molecule has 3 aliphatic rings. The van der Waals surface area contributed by atoms with Crippen molar-refractivity contribution in [3.8, 4) is 0 Å². The Morgan fingerprint density at radius 1 is 1.19 bits per heavy atom. The Bertz CT molecular complexity index is 1360. The van der Waals surface area contributed by atoms with Gasteiger partial charge in [0.25, 0.3) is 5.91 Å². The number of nitrogens with zero attached hydrogens (tertiary/aromatic N) is 6. The highest BCUT2D eigenvalue weighted by Crippen LogP contribution is 2.29. The molecule has 0 spiro atoms. The molecule has 3 aromatic rings. The van der Waals surface area contributed by atoms with Crippen LogP contribution in [0.1, 0.15) is 35.2 Å². The maximum Gasteiger partial charge on any atom is 0.262 e. The van der Waals surface area contributed by atoms with E-state index in [0.29, 0.717) is 17.1 Å². The zero-order valence-corrected chi connectivity index (χ0v) is 21.0. The Hall–Kier alpha value is -3.82. The van der Waals surface area contributed by atoms with Gasteiger partial charge in [-0.2, -0.15) is 5.10 Å². The van der Waals surface area contributed by atoms with E-state index in [1.165, 1.54) is 11.1 Å². The molecule has 9 nitrogen and oxygen atoms in total. The Morgan fingerprint density at radius 2 is 2.03 bits per heavy atom. The first-order valence-electron chi connectivity index (χ1n) is 13.0. The molecule has 5 heterocycles. The second kappa shape index (κ2) is 10.3. The molecule has 1 amide bonds. The Labute approximate surface area is 216 Å². The first-order valence-corrected chi connectivity index (χ1v) is 13.0. The van der Waals surface area contributed by atoms with Crippen molar-refractivity contribution in [3.05, 3.63) is 83.6 Å². The van der Waals surface area contributed by atoms with Crippen molar-refractivity contribution in [2.75, 3.05) is 31.2 Å². The first kappa shape index (κ1) is 23.6. The number of carbonyl (C=O) groups is 1. The summed E-state index contributed by atoms with van der Waals surface area (Å²) in [5.74, 6) is 1.00. The number of rotatable bonds is 6. The van der Waals surface area contributed by atoms with Gasteiger partial charge in [0.1, 0.15) is 11.4 Å². The summed E-state index contributed by atoms with van der Waals surface area (Å²) in [5, 5.41) is 9.40. The van der Waals surface area contributed by atoms with E-state index >= 15 is 0 Å². The lowest BCUT2D eigenvalue weighted by Crippen LogP contribution is -2.46. The van der Waals surface area contributed by atoms with Gasteiger partial charge in [0.15, 0.2) is 5.65 Å². The fourth-order valence-electron chi connectivity index (χ4n) is 5.33. The minimum Gasteiger partial charge on any atom is -0.307 e. The van der Waals surface area contributed by atoms with E-state index in [-0.39, 0.29) is 11.9 Å². The lowest BCUT2D eigenvalue weighted by atomic mass is 9.89. The smallest absolute Gasteiger partial charge is 0.262 e. The third-order valence-electron chi connectivity index (χ3n) is 7.46. The van der Waals surface area contributed by atoms with Crippen molar-refractivity contribution >= 4 is 23.5 Å². The van der Waals surface area contributed by atoms with Crippen molar-refractivity contribution in [3.63, 3.8) is 0 Å². The number of aliphatic imine (C=N–C) groups is 1. The fourth-order valence-corrected chi connectivity index (χ4v) is 5.33. The monoisotopic (exact) mass is 496 g/mol. The molecular weight excluding hydrogens is 464 g/mol. The number of fused-ring (bicyclic) bond motifs is 1. The van der Waals surface area contributed by atoms with Crippen molar-refractivity contribution < 1.29 is 4.79 Å². The van der Waals surface area contributed by atoms with Crippen molar-refractivity contribution in [1.29, 1.82) is 0 Å². The normalized spacial score (nSPS) is 20.8. The second-order valence-corrected chi connectivity index (χ2v) is 10.0. The zero-order valence-electron chi connectivity index (χ0n) is 21.0. The number of anilines is 1. The Morgan fingerprint density at radius 3 is 2.81 bits per heavy atom. The molecule has 0 aliphatic carbocycles. The van der Waals surface area contributed by atoms with Crippen LogP contribution in [0.4, 0.5) is 5.69 Å². The topological polar surface area (TPSA) is 90.2 Å². The molecule has 1 unspecified atom stereocenters. The third-order valence-corrected chi connectivity index (χ3v) is 7.46. The minimum absolute atomic E-state index is 0.141. The summed E-state index contributed by atoms with van der Waals surface area (Å²) in [4.78, 5) is 24.5. The highest BCUT2D eigenvalue weighted by Gasteiger charge is 2.33. The summed E-state index contributed by atoms with van der Waals surface area (Å²) in [6.45, 7) is 6.17. The van der Waals surface area contributed by atoms with Crippen LogP contribution < -0.4 is 15.8 Å². The van der Waals surface area contributed by atoms with Crippen molar-refractivity contribution in [1.82, 2.24) is 30.2 Å². The number of aryl methyl sites for hydroxylation is 1. The molecule has 1 aromatic carbocycles. The molecule has 6 rings (SSSR count). The van der Waals surface area contributed by atoms with E-state index in [4.69, 9.17) is 0 Å². The van der Waals surface area contributed by atoms with E-state index in [9.17, 15) is 4.79 Å². The number of carbonyl (C=O) groups excluding carboxylic acids is 1. The van der Waals surface area contributed by atoms with Crippen LogP contribution in [0.15, 0.2) is 77.5 Å². The lowest BCUT2D eigenvalue weighted by molar-refractivity contribution is 0.0966. The van der Waals surface area contributed by atoms with E-state index in [1.807, 2.05) is 11.2 Å². The largest absolute Gasteiger partial charge is 0.307 e. The molecule has 190 valence electrons. The van der Waals surface area contributed by atoms with Gasteiger partial charge < -0.3 is 5.32 Å². The van der Waals surface area contributed by atoms with Crippen LogP contribution in [-0.4, -0.2) is 63.8 Å². The van der Waals surface area contributed by atoms with Gasteiger partial charge in [0.2, 0.25) is 0 Å². The summed E-state index contributed by atoms with van der Waals surface area (Å²) in [5.41, 5.74) is 8.32. The summed E-state index contributed by atoms with van der Waals surface area (Å²) >= 11 is 0. The number of hydrogen-bond donors (Lipinski definition) is 2. The molecule has 1 saturated heterocycles. The summed E-state index contributed by atoms with van der Waals surface area (Å²) in [6, 6.07) is 10.3. The van der Waals surface area contributed by atoms with Crippen LogP contribution in [0.2, 0.25) is 0 Å². The van der Waals surface area contributed by atoms with Crippen LogP contribution in [0.25, 0.3) is 5.65 Å². The van der Waals surface area contributed by atoms with Crippen LogP contribution >= 0.6 is 0 Å². The van der Waals surface area contributed by atoms with Crippen LogP contribution in [0, 0.1) is 12.8 Å². The quantitative estimate of drug-likeness (QED) is 0.545. The van der Waals surface area contributed by atoms with Gasteiger partial charge in [-0.3, -0.25) is 19.7 Å². The van der Waals surface area contributed by atoms with Gasteiger partial charge in [0, 0.05) is 31.7 Å². The zero-order chi connectivity index (χ0) is 25.2. The lowest BCUT2D eigenvalue weighted by Gasteiger charge is -2.35. The average Bonchev–Trinajstić information content (AvgIpc) is 3.55. The minimum atomic E-state index is -0.223. The van der Waals surface area contributed by atoms with E-state index in [0.717, 1.165) is 56.9 Å². The molecule has 0 radical (unpaired) electrons. The predicted molar refractivity (Wildman–Crippen MR) is 144 cm³/mol. The van der Waals surface area contributed by atoms with Crippen LogP contribution in [0.3, 0.4) is 0 Å². The number of amides is 1. The van der Waals surface area contributed by atoms with Gasteiger partial charge >= 0.3 is 0 Å². The number of benzene rings is 1. The summed E-state index contributed by atoms with van der Waals surface area (Å²) in [7, 11) is 0. The maximum absolute atomic E-state index is 13.3. The Kier molecular flexibility index (Phi) is 6.55. The van der Waals surface area contributed by atoms with Gasteiger partial charge in [-0.15, -0.1) is 0 Å². The number of nitrogens with one attached hydrogen (secondary N) is 2. The Balaban J connectivity index is 1.18. The van der Waals surface area contributed by atoms with Gasteiger partial charge in [0.05, 0.1) is 17.9 Å². The van der Waals surface area contributed by atoms with Crippen LogP contribution in [-0.2, 0) is 0 Å². The SMILES string of the molecule is Cc1ccc(N2NC(C3CCN(CC4=CC=NCC4)CC3)C=C2NC(=O)c2cnn3cccnc23)cc1. The number of allylic oxidation sites excluding steroid dienone is 1. The molecule has 3 aliphatic heterocycles. The van der Waals surface area contributed by atoms with E-state index in [2.05, 4.69) is 74.1 Å². The maximum atomic E-state index is 13.3. The van der Waals surface area contributed by atoms with E-state index < -0.39 is 0 Å². The highest BCUT2D eigenvalue weighted by molar-refractivity contribution is 6.00. The second-order valence-electron chi connectivity index (χ2n) is 10.0. The van der Waals surface area contributed by atoms with Gasteiger partial charge in [-0.05, 0) is 75.5 Å². The predicted octanol–water partition coefficient (Wildman–Crippen LogP) is 3.12. The number of hydrogen-bond acceptors (Lipinski definition) is 7. The average molecular weight is 497 g/mol. The number of piperidine rings is 1. The molecule has 37 heavy (non-hydrogen) atoms. The number of hydrazine groups is 1. The van der Waals surface area contributed by atoms with Crippen molar-refractivity contribution in [2.24, 2.45) is 10.9 Å². The third kappa shape index (κ3) is 5.05. The molecule has 2 N–H and O–H groups in total. The molecule has 0 bridgehead atoms. The highest BCUT2D eigenvalue weighted by atomic mass is 16.2. The van der Waals surface area contributed by atoms with E-state index in [1.54, 1.807) is 29.2 Å². The molecule has 1 atom stereocenters. The first-order chi connectivity index (χ1) is 18.1. The van der Waals surface area contributed by atoms with Gasteiger partial charge in [-0.25, -0.2) is 14.9 Å². The molecule has 2 aromatic heterocycles.